The van der Waals surface area contributed by atoms with Gasteiger partial charge >= 0.3 is 12.4 Å². The van der Waals surface area contributed by atoms with Crippen molar-refractivity contribution in [2.75, 3.05) is 32.1 Å². The number of thiazole rings is 1. The Morgan fingerprint density at radius 2 is 1.81 bits per heavy atom. The van der Waals surface area contributed by atoms with Crippen molar-refractivity contribution < 1.29 is 27.1 Å². The van der Waals surface area contributed by atoms with Gasteiger partial charge in [-0.15, -0.1) is 25.6 Å². The number of halogens is 5. The number of carbonyl (C=O) groups excluding carboxylic acids is 1. The minimum atomic E-state index is -4.79. The first kappa shape index (κ1) is 25.6. The Bertz CT molecular complexity index is 1040. The molecule has 0 radical (unpaired) electrons. The third-order valence-electron chi connectivity index (χ3n) is 4.19. The Kier molecular flexibility index (Phi) is 8.65. The zero-order chi connectivity index (χ0) is 22.6. The highest BCUT2D eigenvalue weighted by atomic mass is 35.5. The SMILES string of the molecule is CN(C)CCN(C(=O)NCc1ccc(F)cc1)c1nc2ccc(OC(F)(F)F)cc2s1.Cl. The van der Waals surface area contributed by atoms with E-state index in [1.165, 1.54) is 35.2 Å². The number of urea groups is 1. The molecule has 174 valence electrons. The van der Waals surface area contributed by atoms with E-state index in [0.29, 0.717) is 28.4 Å². The van der Waals surface area contributed by atoms with Crippen LogP contribution >= 0.6 is 23.7 Å². The predicted molar refractivity (Wildman–Crippen MR) is 118 cm³/mol. The van der Waals surface area contributed by atoms with E-state index in [1.807, 2.05) is 19.0 Å². The zero-order valence-electron chi connectivity index (χ0n) is 17.1. The first-order valence-corrected chi connectivity index (χ1v) is 10.0. The Hall–Kier alpha value is -2.63. The van der Waals surface area contributed by atoms with Crippen molar-refractivity contribution >= 4 is 45.1 Å². The van der Waals surface area contributed by atoms with Gasteiger partial charge < -0.3 is 15.0 Å². The molecule has 2 aromatic carbocycles. The van der Waals surface area contributed by atoms with Gasteiger partial charge in [-0.05, 0) is 43.9 Å². The van der Waals surface area contributed by atoms with Gasteiger partial charge in [0.15, 0.2) is 5.13 Å². The number of fused-ring (bicyclic) bond motifs is 1. The van der Waals surface area contributed by atoms with E-state index in [4.69, 9.17) is 0 Å². The minimum absolute atomic E-state index is 0. The molecule has 0 aliphatic heterocycles. The van der Waals surface area contributed by atoms with Crippen LogP contribution in [-0.2, 0) is 6.54 Å². The average molecular weight is 493 g/mol. The fraction of sp³-hybridized carbons (Fsp3) is 0.300. The summed E-state index contributed by atoms with van der Waals surface area (Å²) in [5, 5.41) is 3.11. The van der Waals surface area contributed by atoms with Gasteiger partial charge in [-0.1, -0.05) is 23.5 Å². The third kappa shape index (κ3) is 7.21. The van der Waals surface area contributed by atoms with Crippen LogP contribution in [0, 0.1) is 5.82 Å². The Morgan fingerprint density at radius 3 is 2.44 bits per heavy atom. The molecule has 0 unspecified atom stereocenters. The average Bonchev–Trinajstić information content (AvgIpc) is 3.09. The molecule has 3 rings (SSSR count). The zero-order valence-corrected chi connectivity index (χ0v) is 18.8. The first-order valence-electron chi connectivity index (χ1n) is 9.21. The van der Waals surface area contributed by atoms with Crippen LogP contribution < -0.4 is 15.0 Å². The van der Waals surface area contributed by atoms with Crippen molar-refractivity contribution in [2.24, 2.45) is 0 Å². The van der Waals surface area contributed by atoms with Crippen molar-refractivity contribution in [3.63, 3.8) is 0 Å². The number of nitrogens with zero attached hydrogens (tertiary/aromatic N) is 3. The highest BCUT2D eigenvalue weighted by Crippen LogP contribution is 2.33. The molecular formula is C20H21ClF4N4O2S. The quantitative estimate of drug-likeness (QED) is 0.470. The van der Waals surface area contributed by atoms with Crippen molar-refractivity contribution in [1.82, 2.24) is 15.2 Å². The van der Waals surface area contributed by atoms with E-state index < -0.39 is 12.4 Å². The third-order valence-corrected chi connectivity index (χ3v) is 5.23. The number of carbonyl (C=O) groups is 1. The fourth-order valence-corrected chi connectivity index (χ4v) is 3.68. The monoisotopic (exact) mass is 492 g/mol. The maximum Gasteiger partial charge on any atom is 0.573 e. The molecule has 0 aliphatic carbocycles. The lowest BCUT2D eigenvalue weighted by Crippen LogP contribution is -2.43. The van der Waals surface area contributed by atoms with Gasteiger partial charge in [-0.3, -0.25) is 4.90 Å². The van der Waals surface area contributed by atoms with E-state index in [-0.39, 0.29) is 30.5 Å². The maximum absolute atomic E-state index is 13.1. The molecule has 32 heavy (non-hydrogen) atoms. The number of alkyl halides is 3. The molecule has 0 spiro atoms. The molecule has 1 heterocycles. The molecular weight excluding hydrogens is 472 g/mol. The molecule has 0 saturated carbocycles. The molecule has 1 N–H and O–H groups in total. The summed E-state index contributed by atoms with van der Waals surface area (Å²) in [7, 11) is 3.71. The fourth-order valence-electron chi connectivity index (χ4n) is 2.66. The summed E-state index contributed by atoms with van der Waals surface area (Å²) >= 11 is 1.09. The van der Waals surface area contributed by atoms with Crippen molar-refractivity contribution in [2.45, 2.75) is 12.9 Å². The number of amides is 2. The van der Waals surface area contributed by atoms with Crippen LogP contribution in [0.2, 0.25) is 0 Å². The summed E-state index contributed by atoms with van der Waals surface area (Å²) in [6.07, 6.45) is -4.79. The summed E-state index contributed by atoms with van der Waals surface area (Å²) in [6.45, 7) is 1.04. The smallest absolute Gasteiger partial charge is 0.406 e. The van der Waals surface area contributed by atoms with Crippen LogP contribution in [0.1, 0.15) is 5.56 Å². The summed E-state index contributed by atoms with van der Waals surface area (Å²) in [6, 6.07) is 9.16. The van der Waals surface area contributed by atoms with Crippen molar-refractivity contribution in [3.8, 4) is 5.75 Å². The largest absolute Gasteiger partial charge is 0.573 e. The van der Waals surface area contributed by atoms with Gasteiger partial charge in [0.25, 0.3) is 0 Å². The van der Waals surface area contributed by atoms with Gasteiger partial charge in [-0.2, -0.15) is 0 Å². The molecule has 12 heteroatoms. The van der Waals surface area contributed by atoms with Crippen LogP contribution in [0.25, 0.3) is 10.2 Å². The highest BCUT2D eigenvalue weighted by molar-refractivity contribution is 7.22. The second-order valence-corrected chi connectivity index (χ2v) is 7.92. The van der Waals surface area contributed by atoms with E-state index in [0.717, 1.165) is 16.9 Å². The Balaban J connectivity index is 0.00000363. The number of benzene rings is 2. The van der Waals surface area contributed by atoms with Crippen LogP contribution in [0.4, 0.5) is 27.5 Å². The second-order valence-electron chi connectivity index (χ2n) is 6.91. The maximum atomic E-state index is 13.1. The highest BCUT2D eigenvalue weighted by Gasteiger charge is 2.31. The molecule has 2 amide bonds. The topological polar surface area (TPSA) is 57.7 Å². The number of nitrogens with one attached hydrogen (secondary N) is 1. The summed E-state index contributed by atoms with van der Waals surface area (Å²) in [5.74, 6) is -0.721. The minimum Gasteiger partial charge on any atom is -0.406 e. The summed E-state index contributed by atoms with van der Waals surface area (Å²) < 4.78 is 54.9. The number of hydrogen-bond donors (Lipinski definition) is 1. The standard InChI is InChI=1S/C20H20F4N4O2S.ClH/c1-27(2)9-10-28(18(29)25-12-13-3-5-14(21)6-4-13)19-26-16-8-7-15(11-17(16)31-19)30-20(22,23)24;/h3-8,11H,9-10,12H2,1-2H3,(H,25,29);1H. The lowest BCUT2D eigenvalue weighted by molar-refractivity contribution is -0.274. The molecule has 1 aromatic heterocycles. The van der Waals surface area contributed by atoms with Crippen LogP contribution in [0.5, 0.6) is 5.75 Å². The van der Waals surface area contributed by atoms with Crippen LogP contribution in [0.15, 0.2) is 42.5 Å². The number of rotatable bonds is 7. The normalized spacial score (nSPS) is 11.3. The van der Waals surface area contributed by atoms with Crippen molar-refractivity contribution in [1.29, 1.82) is 0 Å². The first-order chi connectivity index (χ1) is 14.6. The molecule has 0 atom stereocenters. The number of ether oxygens (including phenoxy) is 1. The lowest BCUT2D eigenvalue weighted by Gasteiger charge is -2.22. The number of aromatic nitrogens is 1. The van der Waals surface area contributed by atoms with Gasteiger partial charge in [0.2, 0.25) is 0 Å². The molecule has 3 aromatic rings. The Morgan fingerprint density at radius 1 is 1.12 bits per heavy atom. The molecule has 0 saturated heterocycles. The van der Waals surface area contributed by atoms with E-state index in [1.54, 1.807) is 12.1 Å². The summed E-state index contributed by atoms with van der Waals surface area (Å²) in [5.41, 5.74) is 1.18. The predicted octanol–water partition coefficient (Wildman–Crippen LogP) is 5.03. The lowest BCUT2D eigenvalue weighted by atomic mass is 10.2. The van der Waals surface area contributed by atoms with Gasteiger partial charge in [0, 0.05) is 25.7 Å². The molecule has 6 nitrogen and oxygen atoms in total. The molecule has 0 bridgehead atoms. The summed E-state index contributed by atoms with van der Waals surface area (Å²) in [4.78, 5) is 20.6. The molecule has 0 fully saturated rings. The van der Waals surface area contributed by atoms with E-state index in [9.17, 15) is 22.4 Å². The van der Waals surface area contributed by atoms with E-state index in [2.05, 4.69) is 15.0 Å². The van der Waals surface area contributed by atoms with Gasteiger partial charge in [0.05, 0.1) is 10.2 Å². The molecule has 0 aliphatic rings. The number of likely N-dealkylation sites (N-methyl/N-ethyl adjacent to an activating group) is 1. The Labute approximate surface area is 192 Å². The van der Waals surface area contributed by atoms with Gasteiger partial charge in [0.1, 0.15) is 11.6 Å². The van der Waals surface area contributed by atoms with Crippen molar-refractivity contribution in [3.05, 3.63) is 53.8 Å². The van der Waals surface area contributed by atoms with Crippen LogP contribution in [-0.4, -0.2) is 49.5 Å². The van der Waals surface area contributed by atoms with Crippen LogP contribution in [0.3, 0.4) is 0 Å². The van der Waals surface area contributed by atoms with E-state index >= 15 is 0 Å². The second kappa shape index (κ2) is 10.8. The number of anilines is 1. The number of hydrogen-bond acceptors (Lipinski definition) is 5. The van der Waals surface area contributed by atoms with Gasteiger partial charge in [-0.25, -0.2) is 14.2 Å².